The predicted molar refractivity (Wildman–Crippen MR) is 97.1 cm³/mol. The number of nitrogens with zero attached hydrogens (tertiary/aromatic N) is 3. The molecule has 0 radical (unpaired) electrons. The molecule has 1 saturated heterocycles. The molecule has 2 aromatic rings. The molecule has 1 aromatic carbocycles. The summed E-state index contributed by atoms with van der Waals surface area (Å²) in [5.41, 5.74) is 2.52. The first-order chi connectivity index (χ1) is 10.7. The van der Waals surface area contributed by atoms with Crippen LogP contribution < -0.4 is 4.90 Å². The van der Waals surface area contributed by atoms with E-state index in [4.69, 9.17) is 0 Å². The van der Waals surface area contributed by atoms with Crippen molar-refractivity contribution in [3.05, 3.63) is 23.2 Å². The topological polar surface area (TPSA) is 19.4 Å². The van der Waals surface area contributed by atoms with Gasteiger partial charge >= 0.3 is 0 Å². The van der Waals surface area contributed by atoms with Crippen LogP contribution in [0.5, 0.6) is 0 Å². The minimum Gasteiger partial charge on any atom is -0.369 e. The van der Waals surface area contributed by atoms with Crippen molar-refractivity contribution in [2.75, 3.05) is 37.6 Å². The third kappa shape index (κ3) is 3.61. The lowest BCUT2D eigenvalue weighted by Gasteiger charge is -2.36. The van der Waals surface area contributed by atoms with Crippen molar-refractivity contribution in [2.24, 2.45) is 5.92 Å². The zero-order valence-corrected chi connectivity index (χ0v) is 14.8. The van der Waals surface area contributed by atoms with E-state index in [-0.39, 0.29) is 0 Å². The molecule has 0 atom stereocenters. The molecular weight excluding hydrogens is 290 g/mol. The molecule has 2 heterocycles. The molecule has 0 amide bonds. The highest BCUT2D eigenvalue weighted by Gasteiger charge is 2.17. The number of aryl methyl sites for hydroxylation is 1. The fraction of sp³-hybridized carbons (Fsp3) is 0.611. The van der Waals surface area contributed by atoms with Crippen LogP contribution in [0.15, 0.2) is 18.2 Å². The second-order valence-electron chi connectivity index (χ2n) is 6.62. The summed E-state index contributed by atoms with van der Waals surface area (Å²) in [6.07, 6.45) is 2.34. The summed E-state index contributed by atoms with van der Waals surface area (Å²) in [6, 6.07) is 6.76. The first-order valence-electron chi connectivity index (χ1n) is 8.52. The number of hydrogen-bond donors (Lipinski definition) is 0. The third-order valence-corrected chi connectivity index (χ3v) is 5.64. The maximum Gasteiger partial charge on any atom is 0.0935 e. The van der Waals surface area contributed by atoms with E-state index >= 15 is 0 Å². The van der Waals surface area contributed by atoms with Crippen molar-refractivity contribution in [2.45, 2.75) is 33.6 Å². The van der Waals surface area contributed by atoms with Crippen LogP contribution in [0.25, 0.3) is 10.2 Å². The molecule has 0 saturated carbocycles. The Labute approximate surface area is 138 Å². The molecule has 1 fully saturated rings. The van der Waals surface area contributed by atoms with Gasteiger partial charge < -0.3 is 4.90 Å². The number of fused-ring (bicyclic) bond motifs is 1. The number of rotatable bonds is 5. The summed E-state index contributed by atoms with van der Waals surface area (Å²) in [7, 11) is 0. The van der Waals surface area contributed by atoms with Gasteiger partial charge in [-0.05, 0) is 43.5 Å². The first kappa shape index (κ1) is 15.8. The van der Waals surface area contributed by atoms with Gasteiger partial charge in [-0.25, -0.2) is 4.98 Å². The smallest absolute Gasteiger partial charge is 0.0935 e. The number of aromatic nitrogens is 1. The van der Waals surface area contributed by atoms with Gasteiger partial charge in [-0.2, -0.15) is 0 Å². The first-order valence-corrected chi connectivity index (χ1v) is 9.34. The van der Waals surface area contributed by atoms with E-state index in [1.165, 1.54) is 41.5 Å². The molecule has 1 aliphatic rings. The summed E-state index contributed by atoms with van der Waals surface area (Å²) in [4.78, 5) is 9.79. The molecule has 3 nitrogen and oxygen atoms in total. The Morgan fingerprint density at radius 2 is 1.95 bits per heavy atom. The van der Waals surface area contributed by atoms with Crippen molar-refractivity contribution in [3.63, 3.8) is 0 Å². The molecule has 0 N–H and O–H groups in total. The molecule has 120 valence electrons. The minimum absolute atomic E-state index is 0.805. The summed E-state index contributed by atoms with van der Waals surface area (Å²) in [5, 5.41) is 1.24. The van der Waals surface area contributed by atoms with Gasteiger partial charge in [0.25, 0.3) is 0 Å². The van der Waals surface area contributed by atoms with Crippen molar-refractivity contribution in [3.8, 4) is 0 Å². The Hall–Kier alpha value is -1.13. The molecule has 0 unspecified atom stereocenters. The number of benzene rings is 1. The zero-order chi connectivity index (χ0) is 15.5. The Morgan fingerprint density at radius 3 is 2.64 bits per heavy atom. The van der Waals surface area contributed by atoms with Gasteiger partial charge in [-0.1, -0.05) is 20.8 Å². The molecule has 3 rings (SSSR count). The highest BCUT2D eigenvalue weighted by Crippen LogP contribution is 2.28. The summed E-state index contributed by atoms with van der Waals surface area (Å²) in [5.74, 6) is 0.805. The summed E-state index contributed by atoms with van der Waals surface area (Å²) in [6.45, 7) is 12.7. The van der Waals surface area contributed by atoms with Crippen LogP contribution >= 0.6 is 11.3 Å². The minimum atomic E-state index is 0.805. The summed E-state index contributed by atoms with van der Waals surface area (Å²) < 4.78 is 1.33. The van der Waals surface area contributed by atoms with Crippen LogP contribution in [0.1, 0.15) is 32.2 Å². The molecule has 4 heteroatoms. The Morgan fingerprint density at radius 1 is 1.18 bits per heavy atom. The van der Waals surface area contributed by atoms with E-state index in [9.17, 15) is 0 Å². The maximum absolute atomic E-state index is 4.66. The number of anilines is 1. The largest absolute Gasteiger partial charge is 0.369 e. The number of thiazole rings is 1. The standard InChI is InChI=1S/C18H27N3S/c1-4-18-19-16-6-5-15(13-17(16)22-18)21-11-9-20(10-12-21)8-7-14(2)3/h5-6,13-14H,4,7-12H2,1-3H3. The molecule has 22 heavy (non-hydrogen) atoms. The van der Waals surface area contributed by atoms with Crippen LogP contribution in [0.4, 0.5) is 5.69 Å². The lowest BCUT2D eigenvalue weighted by Crippen LogP contribution is -2.46. The fourth-order valence-electron chi connectivity index (χ4n) is 2.98. The Kier molecular flexibility index (Phi) is 4.99. The van der Waals surface area contributed by atoms with E-state index in [0.717, 1.165) is 30.9 Å². The average molecular weight is 318 g/mol. The molecule has 0 aliphatic carbocycles. The van der Waals surface area contributed by atoms with E-state index in [0.29, 0.717) is 0 Å². The van der Waals surface area contributed by atoms with Gasteiger partial charge in [0, 0.05) is 31.9 Å². The lowest BCUT2D eigenvalue weighted by molar-refractivity contribution is 0.244. The van der Waals surface area contributed by atoms with E-state index in [1.54, 1.807) is 0 Å². The van der Waals surface area contributed by atoms with Gasteiger partial charge in [0.2, 0.25) is 0 Å². The van der Waals surface area contributed by atoms with Crippen LogP contribution in [-0.2, 0) is 6.42 Å². The van der Waals surface area contributed by atoms with E-state index in [2.05, 4.69) is 53.8 Å². The SMILES string of the molecule is CCc1nc2ccc(N3CCN(CCC(C)C)CC3)cc2s1. The van der Waals surface area contributed by atoms with Gasteiger partial charge in [0.05, 0.1) is 15.2 Å². The van der Waals surface area contributed by atoms with Crippen molar-refractivity contribution < 1.29 is 0 Å². The number of hydrogen-bond acceptors (Lipinski definition) is 4. The molecule has 1 aliphatic heterocycles. The Balaban J connectivity index is 1.63. The van der Waals surface area contributed by atoms with Crippen LogP contribution in [0.3, 0.4) is 0 Å². The van der Waals surface area contributed by atoms with Crippen LogP contribution in [-0.4, -0.2) is 42.6 Å². The van der Waals surface area contributed by atoms with E-state index in [1.807, 2.05) is 11.3 Å². The van der Waals surface area contributed by atoms with Crippen LogP contribution in [0.2, 0.25) is 0 Å². The highest BCUT2D eigenvalue weighted by molar-refractivity contribution is 7.18. The van der Waals surface area contributed by atoms with Crippen LogP contribution in [0, 0.1) is 5.92 Å². The predicted octanol–water partition coefficient (Wildman–Crippen LogP) is 4.03. The zero-order valence-electron chi connectivity index (χ0n) is 14.0. The van der Waals surface area contributed by atoms with Crippen molar-refractivity contribution >= 4 is 27.2 Å². The fourth-order valence-corrected chi connectivity index (χ4v) is 3.92. The Bertz CT molecular complexity index is 612. The maximum atomic E-state index is 4.66. The molecular formula is C18H27N3S. The van der Waals surface area contributed by atoms with Gasteiger partial charge in [0.1, 0.15) is 0 Å². The average Bonchev–Trinajstić information content (AvgIpc) is 2.95. The molecule has 1 aromatic heterocycles. The lowest BCUT2D eigenvalue weighted by atomic mass is 10.1. The summed E-state index contributed by atoms with van der Waals surface area (Å²) >= 11 is 1.84. The molecule has 0 bridgehead atoms. The second-order valence-corrected chi connectivity index (χ2v) is 7.74. The number of piperazine rings is 1. The normalized spacial score (nSPS) is 16.8. The highest BCUT2D eigenvalue weighted by atomic mass is 32.1. The van der Waals surface area contributed by atoms with Crippen molar-refractivity contribution in [1.29, 1.82) is 0 Å². The van der Waals surface area contributed by atoms with Gasteiger partial charge in [0.15, 0.2) is 0 Å². The molecule has 0 spiro atoms. The van der Waals surface area contributed by atoms with Gasteiger partial charge in [-0.15, -0.1) is 11.3 Å². The quantitative estimate of drug-likeness (QED) is 0.830. The van der Waals surface area contributed by atoms with Crippen molar-refractivity contribution in [1.82, 2.24) is 9.88 Å². The van der Waals surface area contributed by atoms with Gasteiger partial charge in [-0.3, -0.25) is 4.90 Å². The monoisotopic (exact) mass is 317 g/mol. The second kappa shape index (κ2) is 6.97. The van der Waals surface area contributed by atoms with E-state index < -0.39 is 0 Å². The third-order valence-electron chi connectivity index (χ3n) is 4.48.